The smallest absolute Gasteiger partial charge is 0.268 e. The van der Waals surface area contributed by atoms with Crippen LogP contribution in [0.15, 0.2) is 52.0 Å². The fraction of sp³-hybridized carbons (Fsp3) is 0.263. The van der Waals surface area contributed by atoms with Crippen LogP contribution in [0.3, 0.4) is 0 Å². The topological polar surface area (TPSA) is 88.3 Å². The van der Waals surface area contributed by atoms with Crippen LogP contribution in [0.5, 0.6) is 0 Å². The van der Waals surface area contributed by atoms with Gasteiger partial charge in [-0.3, -0.25) is 4.72 Å². The summed E-state index contributed by atoms with van der Waals surface area (Å²) < 4.78 is 32.6. The van der Waals surface area contributed by atoms with Crippen molar-refractivity contribution in [1.29, 1.82) is 0 Å². The van der Waals surface area contributed by atoms with Crippen LogP contribution in [0.2, 0.25) is 0 Å². The van der Waals surface area contributed by atoms with E-state index in [1.165, 1.54) is 5.56 Å². The fourth-order valence-corrected chi connectivity index (χ4v) is 4.30. The van der Waals surface area contributed by atoms with Gasteiger partial charge in [0.1, 0.15) is 11.5 Å². The second-order valence-electron chi connectivity index (χ2n) is 6.24. The first-order chi connectivity index (χ1) is 12.8. The molecule has 0 radical (unpaired) electrons. The second kappa shape index (κ2) is 7.40. The van der Waals surface area contributed by atoms with Gasteiger partial charge in [-0.2, -0.15) is 0 Å². The van der Waals surface area contributed by atoms with Gasteiger partial charge in [-0.1, -0.05) is 17.3 Å². The van der Waals surface area contributed by atoms with E-state index in [1.54, 1.807) is 26.1 Å². The third-order valence-corrected chi connectivity index (χ3v) is 5.76. The highest BCUT2D eigenvalue weighted by atomic mass is 32.2. The molecule has 0 saturated heterocycles. The Bertz CT molecular complexity index is 1020. The van der Waals surface area contributed by atoms with Gasteiger partial charge in [0, 0.05) is 12.2 Å². The molecule has 0 fully saturated rings. The molecule has 2 aromatic heterocycles. The first kappa shape index (κ1) is 18.9. The van der Waals surface area contributed by atoms with E-state index < -0.39 is 10.0 Å². The Kier molecular flexibility index (Phi) is 5.18. The molecule has 3 rings (SSSR count). The molecule has 8 heteroatoms. The molecule has 142 valence electrons. The van der Waals surface area contributed by atoms with Crippen LogP contribution in [0.1, 0.15) is 23.9 Å². The van der Waals surface area contributed by atoms with E-state index >= 15 is 0 Å². The van der Waals surface area contributed by atoms with Gasteiger partial charge in [0.2, 0.25) is 0 Å². The van der Waals surface area contributed by atoms with E-state index in [2.05, 4.69) is 32.8 Å². The van der Waals surface area contributed by atoms with Crippen LogP contribution in [0.25, 0.3) is 0 Å². The summed E-state index contributed by atoms with van der Waals surface area (Å²) in [6.07, 6.45) is 1.65. The maximum absolute atomic E-state index is 12.6. The molecule has 27 heavy (non-hydrogen) atoms. The number of rotatable bonds is 6. The van der Waals surface area contributed by atoms with Crippen molar-refractivity contribution in [2.24, 2.45) is 0 Å². The predicted molar refractivity (Wildman–Crippen MR) is 105 cm³/mol. The molecule has 7 nitrogen and oxygen atoms in total. The van der Waals surface area contributed by atoms with E-state index in [-0.39, 0.29) is 16.5 Å². The minimum atomic E-state index is -3.81. The molecule has 1 N–H and O–H groups in total. The lowest BCUT2D eigenvalue weighted by Gasteiger charge is -2.23. The van der Waals surface area contributed by atoms with E-state index in [1.807, 2.05) is 31.2 Å². The van der Waals surface area contributed by atoms with E-state index in [0.29, 0.717) is 5.69 Å². The maximum Gasteiger partial charge on any atom is 0.268 e. The Morgan fingerprint density at radius 3 is 2.44 bits per heavy atom. The van der Waals surface area contributed by atoms with Crippen molar-refractivity contribution in [3.8, 4) is 0 Å². The van der Waals surface area contributed by atoms with Gasteiger partial charge in [0.05, 0.1) is 11.9 Å². The standard InChI is InChI=1S/C19H22N4O3S/c1-5-23(16-8-6-7-13(2)11-16)17-9-10-18(20-12-17)22-27(24,25)19-14(3)21-26-15(19)4/h6-12H,5H2,1-4H3,(H,20,22). The average Bonchev–Trinajstić information content (AvgIpc) is 2.96. The lowest BCUT2D eigenvalue weighted by molar-refractivity contribution is 0.390. The second-order valence-corrected chi connectivity index (χ2v) is 7.86. The molecule has 0 amide bonds. The number of aromatic nitrogens is 2. The van der Waals surface area contributed by atoms with Gasteiger partial charge in [0.25, 0.3) is 10.0 Å². The zero-order valence-corrected chi connectivity index (χ0v) is 16.5. The Hall–Kier alpha value is -2.87. The fourth-order valence-electron chi connectivity index (χ4n) is 2.96. The molecule has 0 atom stereocenters. The summed E-state index contributed by atoms with van der Waals surface area (Å²) in [5, 5.41) is 3.69. The molecule has 1 aromatic carbocycles. The third-order valence-electron chi connectivity index (χ3n) is 4.16. The summed E-state index contributed by atoms with van der Waals surface area (Å²) in [7, 11) is -3.81. The van der Waals surface area contributed by atoms with Crippen LogP contribution < -0.4 is 9.62 Å². The van der Waals surface area contributed by atoms with Crippen molar-refractivity contribution >= 4 is 27.2 Å². The van der Waals surface area contributed by atoms with Crippen molar-refractivity contribution in [2.75, 3.05) is 16.2 Å². The summed E-state index contributed by atoms with van der Waals surface area (Å²) in [5.74, 6) is 0.479. The highest BCUT2D eigenvalue weighted by Crippen LogP contribution is 2.27. The summed E-state index contributed by atoms with van der Waals surface area (Å²) in [6.45, 7) is 8.00. The number of sulfonamides is 1. The number of pyridine rings is 1. The number of hydrogen-bond acceptors (Lipinski definition) is 6. The third kappa shape index (κ3) is 3.95. The number of benzene rings is 1. The van der Waals surface area contributed by atoms with Crippen LogP contribution in [0.4, 0.5) is 17.2 Å². The average molecular weight is 386 g/mol. The van der Waals surface area contributed by atoms with Gasteiger partial charge < -0.3 is 9.42 Å². The Morgan fingerprint density at radius 1 is 1.11 bits per heavy atom. The molecular weight excluding hydrogens is 364 g/mol. The van der Waals surface area contributed by atoms with Crippen molar-refractivity contribution in [2.45, 2.75) is 32.6 Å². The van der Waals surface area contributed by atoms with E-state index in [0.717, 1.165) is 17.9 Å². The van der Waals surface area contributed by atoms with Crippen LogP contribution >= 0.6 is 0 Å². The summed E-state index contributed by atoms with van der Waals surface area (Å²) in [5.41, 5.74) is 3.42. The molecular formula is C19H22N4O3S. The van der Waals surface area contributed by atoms with Crippen LogP contribution in [-0.4, -0.2) is 25.1 Å². The minimum Gasteiger partial charge on any atom is -0.360 e. The normalized spacial score (nSPS) is 11.4. The maximum atomic E-state index is 12.6. The van der Waals surface area contributed by atoms with Gasteiger partial charge in [-0.15, -0.1) is 0 Å². The molecule has 3 aromatic rings. The lowest BCUT2D eigenvalue weighted by Crippen LogP contribution is -2.18. The molecule has 0 spiro atoms. The first-order valence-corrected chi connectivity index (χ1v) is 10.1. The number of anilines is 3. The molecule has 0 aliphatic rings. The van der Waals surface area contributed by atoms with Crippen LogP contribution in [0, 0.1) is 20.8 Å². The Balaban J connectivity index is 1.85. The molecule has 0 saturated carbocycles. The predicted octanol–water partition coefficient (Wildman–Crippen LogP) is 3.95. The highest BCUT2D eigenvalue weighted by molar-refractivity contribution is 7.92. The van der Waals surface area contributed by atoms with Crippen LogP contribution in [-0.2, 0) is 10.0 Å². The Labute approximate surface area is 159 Å². The lowest BCUT2D eigenvalue weighted by atomic mass is 10.2. The van der Waals surface area contributed by atoms with Gasteiger partial charge >= 0.3 is 0 Å². The molecule has 0 aliphatic heterocycles. The highest BCUT2D eigenvalue weighted by Gasteiger charge is 2.24. The number of nitrogens with one attached hydrogen (secondary N) is 1. The van der Waals surface area contributed by atoms with Gasteiger partial charge in [-0.25, -0.2) is 13.4 Å². The summed E-state index contributed by atoms with van der Waals surface area (Å²) >= 11 is 0. The summed E-state index contributed by atoms with van der Waals surface area (Å²) in [6, 6.07) is 11.7. The van der Waals surface area contributed by atoms with Crippen molar-refractivity contribution in [1.82, 2.24) is 10.1 Å². The van der Waals surface area contributed by atoms with E-state index in [4.69, 9.17) is 4.52 Å². The monoisotopic (exact) mass is 386 g/mol. The van der Waals surface area contributed by atoms with Crippen molar-refractivity contribution in [3.63, 3.8) is 0 Å². The molecule has 2 heterocycles. The number of aryl methyl sites for hydroxylation is 3. The van der Waals surface area contributed by atoms with Gasteiger partial charge in [-0.05, 0) is 57.5 Å². The minimum absolute atomic E-state index is 0.0447. The number of hydrogen-bond donors (Lipinski definition) is 1. The number of nitrogens with zero attached hydrogens (tertiary/aromatic N) is 3. The summed E-state index contributed by atoms with van der Waals surface area (Å²) in [4.78, 5) is 6.42. The van der Waals surface area contributed by atoms with Crippen molar-refractivity contribution in [3.05, 3.63) is 59.6 Å². The van der Waals surface area contributed by atoms with Gasteiger partial charge in [0.15, 0.2) is 10.7 Å². The molecule has 0 unspecified atom stereocenters. The largest absolute Gasteiger partial charge is 0.360 e. The zero-order valence-electron chi connectivity index (χ0n) is 15.7. The molecule has 0 bridgehead atoms. The Morgan fingerprint density at radius 2 is 1.89 bits per heavy atom. The first-order valence-electron chi connectivity index (χ1n) is 8.57. The zero-order chi connectivity index (χ0) is 19.6. The quantitative estimate of drug-likeness (QED) is 0.690. The molecule has 0 aliphatic carbocycles. The van der Waals surface area contributed by atoms with Crippen molar-refractivity contribution < 1.29 is 12.9 Å². The SMILES string of the molecule is CCN(c1ccc(NS(=O)(=O)c2c(C)noc2C)nc1)c1cccc(C)c1. The van der Waals surface area contributed by atoms with E-state index in [9.17, 15) is 8.42 Å².